The Labute approximate surface area is 86.7 Å². The van der Waals surface area contributed by atoms with Crippen molar-refractivity contribution in [3.05, 3.63) is 34.9 Å². The summed E-state index contributed by atoms with van der Waals surface area (Å²) in [7, 11) is 0. The first-order valence-corrected chi connectivity index (χ1v) is 4.33. The number of aliphatic imine (C=N–C) groups is 1. The number of urea groups is 1. The fourth-order valence-corrected chi connectivity index (χ4v) is 1.07. The first-order valence-electron chi connectivity index (χ1n) is 3.95. The fraction of sp³-hybridized carbons (Fsp3) is 0.111. The second-order valence-electron chi connectivity index (χ2n) is 2.65. The molecule has 2 amide bonds. The average Bonchev–Trinajstić information content (AvgIpc) is 2.18. The molecule has 0 spiro atoms. The molecule has 5 heteroatoms. The van der Waals surface area contributed by atoms with Gasteiger partial charge in [0.15, 0.2) is 0 Å². The van der Waals surface area contributed by atoms with Crippen LogP contribution in [-0.4, -0.2) is 11.7 Å². The Kier molecular flexibility index (Phi) is 3.62. The van der Waals surface area contributed by atoms with Crippen LogP contribution in [0.2, 0.25) is 5.02 Å². The number of halogens is 1. The molecule has 0 radical (unpaired) electrons. The van der Waals surface area contributed by atoms with E-state index in [1.807, 2.05) is 5.43 Å². The number of amides is 2. The highest BCUT2D eigenvalue weighted by Crippen LogP contribution is 2.10. The number of hydrogen-bond acceptors (Lipinski definition) is 2. The lowest BCUT2D eigenvalue weighted by Gasteiger charge is -1.99. The van der Waals surface area contributed by atoms with Crippen LogP contribution in [0.3, 0.4) is 0 Å². The predicted molar refractivity (Wildman–Crippen MR) is 56.4 cm³/mol. The largest absolute Gasteiger partial charge is 0.355 e. The minimum Gasteiger partial charge on any atom is -0.274 e. The van der Waals surface area contributed by atoms with Crippen LogP contribution in [0, 0.1) is 0 Å². The van der Waals surface area contributed by atoms with Gasteiger partial charge in [-0.1, -0.05) is 23.7 Å². The number of carbonyl (C=O) groups excluding carboxylic acids is 1. The van der Waals surface area contributed by atoms with Gasteiger partial charge in [-0.25, -0.2) is 10.6 Å². The van der Waals surface area contributed by atoms with E-state index in [1.165, 1.54) is 0 Å². The molecule has 0 heterocycles. The number of nitrogens with one attached hydrogen (secondary N) is 1. The lowest BCUT2D eigenvalue weighted by Crippen LogP contribution is -2.27. The summed E-state index contributed by atoms with van der Waals surface area (Å²) in [6.45, 7) is 1.72. The van der Waals surface area contributed by atoms with Crippen molar-refractivity contribution in [3.63, 3.8) is 0 Å². The molecule has 1 aromatic rings. The van der Waals surface area contributed by atoms with Crippen LogP contribution in [-0.2, 0) is 0 Å². The predicted octanol–water partition coefficient (Wildman–Crippen LogP) is 1.73. The smallest absolute Gasteiger partial charge is 0.274 e. The molecule has 74 valence electrons. The van der Waals surface area contributed by atoms with Gasteiger partial charge in [0.1, 0.15) is 0 Å². The molecular weight excluding hydrogens is 202 g/mol. The minimum absolute atomic E-state index is 0.572. The third-order valence-corrected chi connectivity index (χ3v) is 1.91. The molecule has 0 saturated heterocycles. The Morgan fingerprint density at radius 2 is 2.00 bits per heavy atom. The number of hydrogen-bond donors (Lipinski definition) is 2. The molecule has 0 atom stereocenters. The summed E-state index contributed by atoms with van der Waals surface area (Å²) in [5.74, 6) is 4.89. The average molecular weight is 212 g/mol. The van der Waals surface area contributed by atoms with Crippen molar-refractivity contribution in [1.82, 2.24) is 5.43 Å². The van der Waals surface area contributed by atoms with Crippen LogP contribution in [0.1, 0.15) is 12.5 Å². The molecule has 0 aromatic heterocycles. The standard InChI is InChI=1S/C9H10ClN3O/c1-6(12-9(14)13-11)7-2-4-8(10)5-3-7/h2-5H,11H2,1H3,(H,13,14). The van der Waals surface area contributed by atoms with E-state index in [9.17, 15) is 4.79 Å². The van der Waals surface area contributed by atoms with E-state index in [4.69, 9.17) is 17.4 Å². The first-order chi connectivity index (χ1) is 6.63. The van der Waals surface area contributed by atoms with E-state index in [1.54, 1.807) is 31.2 Å². The zero-order valence-electron chi connectivity index (χ0n) is 7.62. The third kappa shape index (κ3) is 2.83. The highest BCUT2D eigenvalue weighted by molar-refractivity contribution is 6.30. The first kappa shape index (κ1) is 10.7. The molecule has 1 aromatic carbocycles. The van der Waals surface area contributed by atoms with Crippen molar-refractivity contribution in [2.24, 2.45) is 10.8 Å². The Morgan fingerprint density at radius 1 is 1.43 bits per heavy atom. The highest BCUT2D eigenvalue weighted by atomic mass is 35.5. The third-order valence-electron chi connectivity index (χ3n) is 1.65. The topological polar surface area (TPSA) is 67.5 Å². The van der Waals surface area contributed by atoms with Gasteiger partial charge in [-0.05, 0) is 24.6 Å². The SMILES string of the molecule is CC(=NC(=O)NN)c1ccc(Cl)cc1. The molecule has 0 saturated carbocycles. The number of carbonyl (C=O) groups is 1. The van der Waals surface area contributed by atoms with E-state index in [0.29, 0.717) is 10.7 Å². The highest BCUT2D eigenvalue weighted by Gasteiger charge is 1.99. The molecule has 0 aliphatic rings. The maximum atomic E-state index is 10.8. The summed E-state index contributed by atoms with van der Waals surface area (Å²) in [6.07, 6.45) is 0. The van der Waals surface area contributed by atoms with Crippen LogP contribution >= 0.6 is 11.6 Å². The Morgan fingerprint density at radius 3 is 2.50 bits per heavy atom. The summed E-state index contributed by atoms with van der Waals surface area (Å²) in [5, 5.41) is 0.643. The fourth-order valence-electron chi connectivity index (χ4n) is 0.940. The summed E-state index contributed by atoms with van der Waals surface area (Å²) in [5.41, 5.74) is 3.34. The molecule has 0 aliphatic heterocycles. The van der Waals surface area contributed by atoms with Crippen molar-refractivity contribution in [1.29, 1.82) is 0 Å². The number of rotatable bonds is 1. The van der Waals surface area contributed by atoms with Crippen molar-refractivity contribution >= 4 is 23.3 Å². The van der Waals surface area contributed by atoms with E-state index >= 15 is 0 Å². The van der Waals surface area contributed by atoms with Gasteiger partial charge in [0.05, 0.1) is 5.71 Å². The van der Waals surface area contributed by atoms with Crippen molar-refractivity contribution in [3.8, 4) is 0 Å². The van der Waals surface area contributed by atoms with Gasteiger partial charge in [0, 0.05) is 5.02 Å². The second-order valence-corrected chi connectivity index (χ2v) is 3.09. The zero-order chi connectivity index (χ0) is 10.6. The van der Waals surface area contributed by atoms with Crippen LogP contribution in [0.15, 0.2) is 29.3 Å². The number of hydrazine groups is 1. The lowest BCUT2D eigenvalue weighted by molar-refractivity contribution is 0.249. The monoisotopic (exact) mass is 211 g/mol. The van der Waals surface area contributed by atoms with Crippen LogP contribution in [0.25, 0.3) is 0 Å². The molecule has 0 bridgehead atoms. The van der Waals surface area contributed by atoms with E-state index < -0.39 is 6.03 Å². The van der Waals surface area contributed by atoms with Crippen molar-refractivity contribution < 1.29 is 4.79 Å². The van der Waals surface area contributed by atoms with Gasteiger partial charge < -0.3 is 0 Å². The molecule has 0 aliphatic carbocycles. The molecule has 3 N–H and O–H groups in total. The van der Waals surface area contributed by atoms with Crippen LogP contribution in [0.5, 0.6) is 0 Å². The van der Waals surface area contributed by atoms with Crippen LogP contribution in [0.4, 0.5) is 4.79 Å². The Bertz CT molecular complexity index is 359. The van der Waals surface area contributed by atoms with Gasteiger partial charge in [0.25, 0.3) is 0 Å². The molecule has 4 nitrogen and oxygen atoms in total. The normalized spacial score (nSPS) is 11.2. The maximum absolute atomic E-state index is 10.8. The van der Waals surface area contributed by atoms with E-state index in [2.05, 4.69) is 4.99 Å². The molecule has 0 fully saturated rings. The molecule has 14 heavy (non-hydrogen) atoms. The maximum Gasteiger partial charge on any atom is 0.355 e. The molecular formula is C9H10ClN3O. The quantitative estimate of drug-likeness (QED) is 0.322. The van der Waals surface area contributed by atoms with Crippen molar-refractivity contribution in [2.45, 2.75) is 6.92 Å². The Balaban J connectivity index is 2.89. The van der Waals surface area contributed by atoms with Gasteiger partial charge >= 0.3 is 6.03 Å². The number of nitrogens with two attached hydrogens (primary N) is 1. The summed E-state index contributed by atoms with van der Waals surface area (Å²) >= 11 is 5.71. The molecule has 1 rings (SSSR count). The lowest BCUT2D eigenvalue weighted by atomic mass is 10.1. The summed E-state index contributed by atoms with van der Waals surface area (Å²) in [4.78, 5) is 14.5. The van der Waals surface area contributed by atoms with Crippen molar-refractivity contribution in [2.75, 3.05) is 0 Å². The number of benzene rings is 1. The van der Waals surface area contributed by atoms with Crippen LogP contribution < -0.4 is 11.3 Å². The molecule has 0 unspecified atom stereocenters. The van der Waals surface area contributed by atoms with Gasteiger partial charge in [0.2, 0.25) is 0 Å². The Hall–Kier alpha value is -1.39. The van der Waals surface area contributed by atoms with Gasteiger partial charge in [-0.3, -0.25) is 5.43 Å². The summed E-state index contributed by atoms with van der Waals surface area (Å²) < 4.78 is 0. The van der Waals surface area contributed by atoms with Gasteiger partial charge in [-0.2, -0.15) is 4.99 Å². The minimum atomic E-state index is -0.572. The van der Waals surface area contributed by atoms with E-state index in [-0.39, 0.29) is 0 Å². The van der Waals surface area contributed by atoms with E-state index in [0.717, 1.165) is 5.56 Å². The van der Waals surface area contributed by atoms with Gasteiger partial charge in [-0.15, -0.1) is 0 Å². The second kappa shape index (κ2) is 4.74. The zero-order valence-corrected chi connectivity index (χ0v) is 8.38. The summed E-state index contributed by atoms with van der Waals surface area (Å²) in [6, 6.07) is 6.46. The number of nitrogens with zero attached hydrogens (tertiary/aromatic N) is 1.